The molecule has 2 bridgehead atoms. The first kappa shape index (κ1) is 48.8. The molecule has 0 aromatic rings. The smallest absolute Gasteiger partial charge is 0.316 e. The number of allylic oxidation sites excluding steroid dienone is 2. The summed E-state index contributed by atoms with van der Waals surface area (Å²) in [6.45, 7) is 15.7. The molecular weight excluding hydrogens is 817 g/mol. The molecule has 7 aliphatic rings. The summed E-state index contributed by atoms with van der Waals surface area (Å²) in [7, 11) is 3.20. The van der Waals surface area contributed by atoms with E-state index in [2.05, 4.69) is 19.9 Å². The maximum atomic E-state index is 14.4. The van der Waals surface area contributed by atoms with Gasteiger partial charge in [-0.2, -0.15) is 0 Å². The van der Waals surface area contributed by atoms with Crippen molar-refractivity contribution in [1.82, 2.24) is 0 Å². The van der Waals surface area contributed by atoms with E-state index in [1.54, 1.807) is 40.2 Å². The Bertz CT molecular complexity index is 1710. The van der Waals surface area contributed by atoms with Gasteiger partial charge in [-0.1, -0.05) is 64.5 Å². The summed E-state index contributed by atoms with van der Waals surface area (Å²) < 4.78 is 63.6. The van der Waals surface area contributed by atoms with Crippen LogP contribution < -0.4 is 0 Å². The van der Waals surface area contributed by atoms with Gasteiger partial charge < -0.3 is 67.8 Å². The maximum Gasteiger partial charge on any atom is 0.316 e. The number of hydrogen-bond acceptors (Lipinski definition) is 15. The first-order valence-corrected chi connectivity index (χ1v) is 23.3. The number of carbonyl (C=O) groups is 1. The Morgan fingerprint density at radius 1 is 0.889 bits per heavy atom. The Morgan fingerprint density at radius 2 is 1.59 bits per heavy atom. The molecule has 2 unspecified atom stereocenters. The number of aliphatic hydroxyl groups excluding tert-OH is 3. The minimum atomic E-state index is -1.87. The lowest BCUT2D eigenvalue weighted by Crippen LogP contribution is -2.60. The average Bonchev–Trinajstić information content (AvgIpc) is 3.59. The minimum Gasteiger partial charge on any atom is -0.462 e. The molecule has 1 spiro atoms. The van der Waals surface area contributed by atoms with Gasteiger partial charge in [-0.15, -0.1) is 0 Å². The van der Waals surface area contributed by atoms with Crippen molar-refractivity contribution in [3.8, 4) is 0 Å². The van der Waals surface area contributed by atoms with Crippen molar-refractivity contribution >= 4 is 5.97 Å². The van der Waals surface area contributed by atoms with Crippen molar-refractivity contribution in [2.75, 3.05) is 20.8 Å². The second kappa shape index (κ2) is 20.0. The largest absolute Gasteiger partial charge is 0.462 e. The quantitative estimate of drug-likeness (QED) is 0.196. The lowest BCUT2D eigenvalue weighted by atomic mass is 9.71. The lowest BCUT2D eigenvalue weighted by Gasteiger charge is -2.52. The summed E-state index contributed by atoms with van der Waals surface area (Å²) in [4.78, 5) is 14.4. The van der Waals surface area contributed by atoms with Gasteiger partial charge in [0.15, 0.2) is 18.4 Å². The van der Waals surface area contributed by atoms with Gasteiger partial charge in [-0.3, -0.25) is 4.79 Å². The van der Waals surface area contributed by atoms with Gasteiger partial charge in [0.1, 0.15) is 42.0 Å². The summed E-state index contributed by atoms with van der Waals surface area (Å²) in [5, 5.41) is 45.7. The molecular formula is C48H74O15. The van der Waals surface area contributed by atoms with Crippen LogP contribution >= 0.6 is 0 Å². The number of methoxy groups -OCH3 is 2. The Hall–Kier alpha value is -2.09. The first-order chi connectivity index (χ1) is 29.9. The minimum absolute atomic E-state index is 0.0109. The van der Waals surface area contributed by atoms with Crippen molar-refractivity contribution in [2.45, 2.75) is 204 Å². The molecule has 21 atom stereocenters. The monoisotopic (exact) mass is 891 g/mol. The second-order valence-electron chi connectivity index (χ2n) is 19.5. The number of ether oxygens (including phenoxy) is 10. The highest BCUT2D eigenvalue weighted by atomic mass is 16.7. The van der Waals surface area contributed by atoms with Crippen LogP contribution in [0.15, 0.2) is 47.1 Å². The topological polar surface area (TPSA) is 190 Å². The highest BCUT2D eigenvalue weighted by Crippen LogP contribution is 2.48. The highest BCUT2D eigenvalue weighted by molar-refractivity contribution is 5.78. The standard InChI is InChI=1S/C48H74O15/c1-11-24(2)43-28(6)35(49)22-47(63-43)21-33-18-32(62-47)16-15-26(4)42(25(3)13-12-14-31-23-56-45-40(50)27(5)17-34(46(52)59-33)48(31,45)53)60-39-20-37(55-10)44(30(8)58-39)61-38-19-36(54-9)41(51)29(7)57-38/h12-15,17,24-25,28-30,32-45,49-51,53H,11,16,18-23H2,1-10H3/b13-12+,26-15+,31-14+/t24?,25-,28-,29-,30-,32+,33-,34-,35-,36-,37-,38-,39-,40+,41-,42-,43+,44-,45+,47?,48+/m0/s1. The Labute approximate surface area is 373 Å². The van der Waals surface area contributed by atoms with E-state index in [0.29, 0.717) is 36.8 Å². The summed E-state index contributed by atoms with van der Waals surface area (Å²) in [5.41, 5.74) is 0.0234. The Morgan fingerprint density at radius 3 is 2.30 bits per heavy atom. The van der Waals surface area contributed by atoms with E-state index in [1.165, 1.54) is 0 Å². The maximum absolute atomic E-state index is 14.4. The summed E-state index contributed by atoms with van der Waals surface area (Å²) in [5.74, 6) is -3.19. The van der Waals surface area contributed by atoms with Gasteiger partial charge in [0, 0.05) is 58.2 Å². The van der Waals surface area contributed by atoms with Crippen LogP contribution in [0.3, 0.4) is 0 Å². The molecule has 356 valence electrons. The molecule has 15 nitrogen and oxygen atoms in total. The van der Waals surface area contributed by atoms with Gasteiger partial charge in [-0.05, 0) is 56.8 Å². The number of aliphatic hydroxyl groups is 4. The predicted molar refractivity (Wildman–Crippen MR) is 229 cm³/mol. The molecule has 5 saturated heterocycles. The van der Waals surface area contributed by atoms with Crippen LogP contribution in [0.1, 0.15) is 100 Å². The Balaban J connectivity index is 1.19. The van der Waals surface area contributed by atoms with Crippen molar-refractivity contribution in [3.63, 3.8) is 0 Å². The number of fused-ring (bicyclic) bond motifs is 2. The SMILES string of the molecule is CCC(C)[C@H]1OC2(C[C@@H]3C[C@@H](C/C=C(\C)[C@@H](O[C@H]4C[C@H](OC)[C@@H](O[C@H]5C[C@H](OC)[C@@H](O)[C@H](C)O5)[C@H](C)O4)[C@@H](C)/C=C/C=C4\CO[C@@H]5[C@H](O)C(C)=C[C@@H](C(=O)O3)[C@]45O)O2)C[C@H](O)[C@@H]1C. The van der Waals surface area contributed by atoms with Gasteiger partial charge in [0.05, 0.1) is 55.4 Å². The van der Waals surface area contributed by atoms with E-state index in [4.69, 9.17) is 47.4 Å². The van der Waals surface area contributed by atoms with Crippen LogP contribution in [0.2, 0.25) is 0 Å². The lowest BCUT2D eigenvalue weighted by molar-refractivity contribution is -0.354. The van der Waals surface area contributed by atoms with Crippen molar-refractivity contribution < 1.29 is 72.6 Å². The van der Waals surface area contributed by atoms with E-state index in [1.807, 2.05) is 39.8 Å². The molecule has 63 heavy (non-hydrogen) atoms. The van der Waals surface area contributed by atoms with Crippen LogP contribution in [-0.2, 0) is 52.2 Å². The van der Waals surface area contributed by atoms with Crippen LogP contribution in [0, 0.1) is 23.7 Å². The molecule has 6 heterocycles. The summed E-state index contributed by atoms with van der Waals surface area (Å²) in [6, 6.07) is 0. The third-order valence-electron chi connectivity index (χ3n) is 15.0. The summed E-state index contributed by atoms with van der Waals surface area (Å²) >= 11 is 0. The van der Waals surface area contributed by atoms with Crippen molar-refractivity contribution in [2.24, 2.45) is 23.7 Å². The third kappa shape index (κ3) is 9.98. The zero-order chi connectivity index (χ0) is 45.5. The second-order valence-corrected chi connectivity index (χ2v) is 19.5. The van der Waals surface area contributed by atoms with Gasteiger partial charge in [0.2, 0.25) is 0 Å². The predicted octanol–water partition coefficient (Wildman–Crippen LogP) is 4.57. The molecule has 0 amide bonds. The number of rotatable bonds is 8. The molecule has 0 saturated carbocycles. The van der Waals surface area contributed by atoms with Gasteiger partial charge in [0.25, 0.3) is 0 Å². The fraction of sp³-hybridized carbons (Fsp3) is 0.812. The molecule has 0 aromatic carbocycles. The van der Waals surface area contributed by atoms with Gasteiger partial charge in [-0.25, -0.2) is 0 Å². The molecule has 1 aliphatic carbocycles. The van der Waals surface area contributed by atoms with E-state index >= 15 is 0 Å². The molecule has 7 rings (SSSR count). The van der Waals surface area contributed by atoms with Crippen LogP contribution in [0.5, 0.6) is 0 Å². The van der Waals surface area contributed by atoms with E-state index in [-0.39, 0.29) is 43.3 Å². The van der Waals surface area contributed by atoms with Crippen LogP contribution in [-0.4, -0.2) is 151 Å². The molecule has 15 heteroatoms. The normalized spacial score (nSPS) is 50.0. The molecule has 6 aliphatic heterocycles. The van der Waals surface area contributed by atoms with Crippen LogP contribution in [0.25, 0.3) is 0 Å². The zero-order valence-electron chi connectivity index (χ0n) is 38.8. The number of carbonyl (C=O) groups excluding carboxylic acids is 1. The van der Waals surface area contributed by atoms with Crippen molar-refractivity contribution in [3.05, 3.63) is 47.1 Å². The van der Waals surface area contributed by atoms with E-state index in [9.17, 15) is 25.2 Å². The average molecular weight is 891 g/mol. The Kier molecular flexibility index (Phi) is 15.5. The number of hydrogen-bond donors (Lipinski definition) is 4. The zero-order valence-corrected chi connectivity index (χ0v) is 38.8. The van der Waals surface area contributed by atoms with Gasteiger partial charge >= 0.3 is 5.97 Å². The first-order valence-electron chi connectivity index (χ1n) is 23.3. The number of esters is 1. The molecule has 4 N–H and O–H groups in total. The molecule has 0 radical (unpaired) electrons. The molecule has 5 fully saturated rings. The van der Waals surface area contributed by atoms with Crippen LogP contribution in [0.4, 0.5) is 0 Å². The van der Waals surface area contributed by atoms with E-state index < -0.39 is 109 Å². The van der Waals surface area contributed by atoms with Crippen molar-refractivity contribution in [1.29, 1.82) is 0 Å². The molecule has 0 aromatic heterocycles. The van der Waals surface area contributed by atoms with E-state index in [0.717, 1.165) is 12.0 Å². The third-order valence-corrected chi connectivity index (χ3v) is 15.0. The fourth-order valence-electron chi connectivity index (χ4n) is 11.0. The fourth-order valence-corrected chi connectivity index (χ4v) is 11.0. The summed E-state index contributed by atoms with van der Waals surface area (Å²) in [6.07, 6.45) is 3.00. The highest BCUT2D eigenvalue weighted by Gasteiger charge is 2.60.